The van der Waals surface area contributed by atoms with E-state index in [1.165, 1.54) is 37.7 Å². The molecular formula is C24H34N2O4. The third kappa shape index (κ3) is 5.36. The molecule has 1 saturated carbocycles. The molecule has 3 rings (SSSR count). The molecule has 0 atom stereocenters. The van der Waals surface area contributed by atoms with Crippen LogP contribution in [0.25, 0.3) is 0 Å². The lowest BCUT2D eigenvalue weighted by atomic mass is 9.93. The van der Waals surface area contributed by atoms with E-state index in [-0.39, 0.29) is 5.97 Å². The third-order valence-corrected chi connectivity index (χ3v) is 5.86. The minimum atomic E-state index is -0.262. The summed E-state index contributed by atoms with van der Waals surface area (Å²) < 4.78 is 16.1. The number of carbonyl (C=O) groups excluding carboxylic acids is 1. The van der Waals surface area contributed by atoms with Gasteiger partial charge in [-0.25, -0.2) is 4.79 Å². The van der Waals surface area contributed by atoms with Crippen LogP contribution in [0.2, 0.25) is 0 Å². The fraction of sp³-hybridized carbons (Fsp3) is 0.542. The van der Waals surface area contributed by atoms with Crippen molar-refractivity contribution >= 4 is 5.97 Å². The minimum absolute atomic E-state index is 0.262. The molecule has 0 aliphatic heterocycles. The number of H-pyrrole nitrogens is 1. The van der Waals surface area contributed by atoms with Crippen molar-refractivity contribution in [2.24, 2.45) is 0 Å². The molecule has 1 aromatic carbocycles. The summed E-state index contributed by atoms with van der Waals surface area (Å²) in [6, 6.07) is 8.59. The first-order chi connectivity index (χ1) is 14.5. The molecule has 1 aliphatic rings. The summed E-state index contributed by atoms with van der Waals surface area (Å²) in [7, 11) is 3.32. The molecule has 1 fully saturated rings. The predicted octanol–water partition coefficient (Wildman–Crippen LogP) is 4.85. The van der Waals surface area contributed by atoms with Crippen molar-refractivity contribution in [2.75, 3.05) is 20.8 Å². The highest BCUT2D eigenvalue weighted by atomic mass is 16.5. The number of nitrogens with zero attached hydrogens (tertiary/aromatic N) is 1. The van der Waals surface area contributed by atoms with Gasteiger partial charge in [-0.3, -0.25) is 4.90 Å². The standard InChI is InChI=1S/C24H34N2O4/c1-5-30-24(27)21-14-19(25-17(21)2)16-26(20-9-7-6-8-10-20)15-18-11-12-22(28-3)23(13-18)29-4/h11-14,20,25H,5-10,15-16H2,1-4H3. The first-order valence-electron chi connectivity index (χ1n) is 10.9. The van der Waals surface area contributed by atoms with Crippen molar-refractivity contribution in [1.29, 1.82) is 0 Å². The van der Waals surface area contributed by atoms with E-state index in [0.29, 0.717) is 18.2 Å². The van der Waals surface area contributed by atoms with Gasteiger partial charge in [0.1, 0.15) is 0 Å². The van der Waals surface area contributed by atoms with E-state index in [1.54, 1.807) is 14.2 Å². The molecule has 0 radical (unpaired) electrons. The van der Waals surface area contributed by atoms with Crippen LogP contribution in [0.4, 0.5) is 0 Å². The molecule has 2 aromatic rings. The van der Waals surface area contributed by atoms with Crippen molar-refractivity contribution in [3.05, 3.63) is 46.8 Å². The van der Waals surface area contributed by atoms with E-state index in [2.05, 4.69) is 22.0 Å². The van der Waals surface area contributed by atoms with Crippen molar-refractivity contribution in [3.8, 4) is 11.5 Å². The van der Waals surface area contributed by atoms with Crippen LogP contribution in [0.15, 0.2) is 24.3 Å². The van der Waals surface area contributed by atoms with Crippen LogP contribution in [0.3, 0.4) is 0 Å². The highest BCUT2D eigenvalue weighted by molar-refractivity contribution is 5.90. The van der Waals surface area contributed by atoms with E-state index >= 15 is 0 Å². The first-order valence-corrected chi connectivity index (χ1v) is 10.9. The van der Waals surface area contributed by atoms with Crippen molar-refractivity contribution in [1.82, 2.24) is 9.88 Å². The highest BCUT2D eigenvalue weighted by Crippen LogP contribution is 2.30. The van der Waals surface area contributed by atoms with E-state index in [0.717, 1.165) is 36.0 Å². The summed E-state index contributed by atoms with van der Waals surface area (Å²) >= 11 is 0. The fourth-order valence-electron chi connectivity index (χ4n) is 4.33. The summed E-state index contributed by atoms with van der Waals surface area (Å²) in [6.45, 7) is 5.72. The molecule has 6 heteroatoms. The first kappa shape index (κ1) is 22.2. The van der Waals surface area contributed by atoms with Crippen molar-refractivity contribution < 1.29 is 19.0 Å². The number of methoxy groups -OCH3 is 2. The zero-order valence-electron chi connectivity index (χ0n) is 18.6. The molecule has 1 heterocycles. The van der Waals surface area contributed by atoms with Crippen LogP contribution in [-0.2, 0) is 17.8 Å². The summed E-state index contributed by atoms with van der Waals surface area (Å²) in [6.07, 6.45) is 6.26. The average molecular weight is 415 g/mol. The van der Waals surface area contributed by atoms with Gasteiger partial charge in [0.05, 0.1) is 26.4 Å². The number of hydrogen-bond donors (Lipinski definition) is 1. The SMILES string of the molecule is CCOC(=O)c1cc(CN(Cc2ccc(OC)c(OC)c2)C2CCCCC2)[nH]c1C. The van der Waals surface area contributed by atoms with Gasteiger partial charge in [0.15, 0.2) is 11.5 Å². The quantitative estimate of drug-likeness (QED) is 0.594. The Hall–Kier alpha value is -2.47. The van der Waals surface area contributed by atoms with E-state index in [4.69, 9.17) is 14.2 Å². The number of aromatic nitrogens is 1. The molecule has 1 aliphatic carbocycles. The summed E-state index contributed by atoms with van der Waals surface area (Å²) in [4.78, 5) is 18.1. The van der Waals surface area contributed by atoms with Gasteiger partial charge in [-0.2, -0.15) is 0 Å². The number of nitrogens with one attached hydrogen (secondary N) is 1. The van der Waals surface area contributed by atoms with Crippen LogP contribution in [0, 0.1) is 6.92 Å². The Labute approximate surface area is 179 Å². The number of rotatable bonds is 9. The lowest BCUT2D eigenvalue weighted by Crippen LogP contribution is -2.36. The van der Waals surface area contributed by atoms with E-state index in [1.807, 2.05) is 26.0 Å². The highest BCUT2D eigenvalue weighted by Gasteiger charge is 2.23. The second kappa shape index (κ2) is 10.5. The molecule has 0 amide bonds. The molecular weight excluding hydrogens is 380 g/mol. The Kier molecular flexibility index (Phi) is 7.80. The van der Waals surface area contributed by atoms with Crippen LogP contribution < -0.4 is 9.47 Å². The van der Waals surface area contributed by atoms with Gasteiger partial charge >= 0.3 is 5.97 Å². The number of aryl methyl sites for hydroxylation is 1. The van der Waals surface area contributed by atoms with Gasteiger partial charge in [0, 0.05) is 30.5 Å². The second-order valence-corrected chi connectivity index (χ2v) is 7.94. The van der Waals surface area contributed by atoms with Gasteiger partial charge in [0.25, 0.3) is 0 Å². The maximum atomic E-state index is 12.2. The maximum Gasteiger partial charge on any atom is 0.339 e. The Bertz CT molecular complexity index is 840. The molecule has 30 heavy (non-hydrogen) atoms. The lowest BCUT2D eigenvalue weighted by molar-refractivity contribution is 0.0525. The number of benzene rings is 1. The van der Waals surface area contributed by atoms with Gasteiger partial charge < -0.3 is 19.2 Å². The monoisotopic (exact) mass is 414 g/mol. The maximum absolute atomic E-state index is 12.2. The largest absolute Gasteiger partial charge is 0.493 e. The zero-order chi connectivity index (χ0) is 21.5. The summed E-state index contributed by atoms with van der Waals surface area (Å²) in [5, 5.41) is 0. The lowest BCUT2D eigenvalue weighted by Gasteiger charge is -2.34. The van der Waals surface area contributed by atoms with Crippen LogP contribution in [-0.4, -0.2) is 42.7 Å². The molecule has 1 aromatic heterocycles. The van der Waals surface area contributed by atoms with Gasteiger partial charge in [0.2, 0.25) is 0 Å². The summed E-state index contributed by atoms with van der Waals surface area (Å²) in [5.41, 5.74) is 3.72. The normalized spacial score (nSPS) is 14.7. The Morgan fingerprint density at radius 1 is 1.07 bits per heavy atom. The van der Waals surface area contributed by atoms with Crippen LogP contribution in [0.1, 0.15) is 66.3 Å². The Balaban J connectivity index is 1.81. The number of aromatic amines is 1. The molecule has 1 N–H and O–H groups in total. The summed E-state index contributed by atoms with van der Waals surface area (Å²) in [5.74, 6) is 1.23. The van der Waals surface area contributed by atoms with Crippen molar-refractivity contribution in [3.63, 3.8) is 0 Å². The van der Waals surface area contributed by atoms with Crippen LogP contribution >= 0.6 is 0 Å². The van der Waals surface area contributed by atoms with E-state index in [9.17, 15) is 4.79 Å². The number of esters is 1. The Morgan fingerprint density at radius 3 is 2.47 bits per heavy atom. The van der Waals surface area contributed by atoms with Gasteiger partial charge in [-0.05, 0) is 50.5 Å². The van der Waals surface area contributed by atoms with Gasteiger partial charge in [-0.15, -0.1) is 0 Å². The number of carbonyl (C=O) groups is 1. The molecule has 164 valence electrons. The molecule has 0 spiro atoms. The Morgan fingerprint density at radius 2 is 1.80 bits per heavy atom. The molecule has 0 unspecified atom stereocenters. The zero-order valence-corrected chi connectivity index (χ0v) is 18.6. The van der Waals surface area contributed by atoms with Crippen LogP contribution in [0.5, 0.6) is 11.5 Å². The molecule has 0 saturated heterocycles. The average Bonchev–Trinajstić information content (AvgIpc) is 3.14. The minimum Gasteiger partial charge on any atom is -0.493 e. The third-order valence-electron chi connectivity index (χ3n) is 5.86. The smallest absolute Gasteiger partial charge is 0.339 e. The topological polar surface area (TPSA) is 63.8 Å². The van der Waals surface area contributed by atoms with Crippen molar-refractivity contribution in [2.45, 2.75) is 65.1 Å². The predicted molar refractivity (Wildman–Crippen MR) is 117 cm³/mol. The molecule has 0 bridgehead atoms. The van der Waals surface area contributed by atoms with Gasteiger partial charge in [-0.1, -0.05) is 25.3 Å². The fourth-order valence-corrected chi connectivity index (χ4v) is 4.33. The number of ether oxygens (including phenoxy) is 3. The van der Waals surface area contributed by atoms with E-state index < -0.39 is 0 Å². The molecule has 6 nitrogen and oxygen atoms in total. The second-order valence-electron chi connectivity index (χ2n) is 7.94. The number of hydrogen-bond acceptors (Lipinski definition) is 5.